The number of para-hydroxylation sites is 1. The molecule has 0 fully saturated rings. The van der Waals surface area contributed by atoms with E-state index in [1.54, 1.807) is 19.2 Å². The van der Waals surface area contributed by atoms with Gasteiger partial charge in [-0.05, 0) is 24.5 Å². The molecule has 2 aromatic rings. The highest BCUT2D eigenvalue weighted by Gasteiger charge is 2.25. The molecule has 0 amide bonds. The topological polar surface area (TPSA) is 76.3 Å². The highest BCUT2D eigenvalue weighted by atomic mass is 16.6. The van der Waals surface area contributed by atoms with Gasteiger partial charge in [0.2, 0.25) is 0 Å². The van der Waals surface area contributed by atoms with Crippen molar-refractivity contribution in [2.24, 2.45) is 5.92 Å². The van der Waals surface area contributed by atoms with Gasteiger partial charge in [-0.3, -0.25) is 10.1 Å². The van der Waals surface area contributed by atoms with Crippen LogP contribution in [0.4, 0.5) is 5.69 Å². The lowest BCUT2D eigenvalue weighted by Gasteiger charge is -2.25. The van der Waals surface area contributed by atoms with Gasteiger partial charge in [0.05, 0.1) is 11.0 Å². The maximum atomic E-state index is 11.1. The lowest BCUT2D eigenvalue weighted by atomic mass is 9.83. The van der Waals surface area contributed by atoms with Crippen LogP contribution in [0.15, 0.2) is 30.5 Å². The molecule has 0 aliphatic heterocycles. The summed E-state index contributed by atoms with van der Waals surface area (Å²) in [6.45, 7) is 5.80. The summed E-state index contributed by atoms with van der Waals surface area (Å²) in [6, 6.07) is 6.77. The standard InChI is InChI=1S/C15H18N2O3/c1-9(2)14(10(3)18)11-7-8-16-15-12(11)5-4-6-13(15)17(19)20/h4-10,14,18H,1-3H3. The van der Waals surface area contributed by atoms with E-state index in [0.29, 0.717) is 5.52 Å². The highest BCUT2D eigenvalue weighted by molar-refractivity contribution is 5.89. The van der Waals surface area contributed by atoms with Crippen LogP contribution in [0.3, 0.4) is 0 Å². The molecule has 5 heteroatoms. The number of nitro groups is 1. The Morgan fingerprint density at radius 1 is 1.25 bits per heavy atom. The number of nitrogens with zero attached hydrogens (tertiary/aromatic N) is 2. The lowest BCUT2D eigenvalue weighted by Crippen LogP contribution is -2.20. The third-order valence-corrected chi connectivity index (χ3v) is 3.58. The van der Waals surface area contributed by atoms with Crippen molar-refractivity contribution >= 4 is 16.6 Å². The summed E-state index contributed by atoms with van der Waals surface area (Å²) in [6.07, 6.45) is 1.04. The number of non-ortho nitro benzene ring substituents is 1. The van der Waals surface area contributed by atoms with E-state index < -0.39 is 11.0 Å². The Labute approximate surface area is 117 Å². The predicted octanol–water partition coefficient (Wildman–Crippen LogP) is 3.26. The summed E-state index contributed by atoms with van der Waals surface area (Å²) in [4.78, 5) is 14.8. The second-order valence-electron chi connectivity index (χ2n) is 5.34. The van der Waals surface area contributed by atoms with Gasteiger partial charge in [0.25, 0.3) is 5.69 Å². The van der Waals surface area contributed by atoms with Gasteiger partial charge in [-0.2, -0.15) is 0 Å². The Kier molecular flexibility index (Phi) is 3.99. The second kappa shape index (κ2) is 5.54. The van der Waals surface area contributed by atoms with Gasteiger partial charge < -0.3 is 5.11 Å². The van der Waals surface area contributed by atoms with Crippen LogP contribution in [-0.2, 0) is 0 Å². The first kappa shape index (κ1) is 14.4. The zero-order valence-electron chi connectivity index (χ0n) is 11.8. The molecule has 0 saturated heterocycles. The average Bonchev–Trinajstić information content (AvgIpc) is 2.37. The third-order valence-electron chi connectivity index (χ3n) is 3.58. The van der Waals surface area contributed by atoms with E-state index in [1.807, 2.05) is 26.0 Å². The molecule has 1 heterocycles. The molecule has 1 aromatic heterocycles. The van der Waals surface area contributed by atoms with Gasteiger partial charge >= 0.3 is 0 Å². The number of fused-ring (bicyclic) bond motifs is 1. The second-order valence-corrected chi connectivity index (χ2v) is 5.34. The minimum atomic E-state index is -0.528. The molecule has 0 spiro atoms. The van der Waals surface area contributed by atoms with E-state index in [2.05, 4.69) is 4.98 Å². The minimum Gasteiger partial charge on any atom is -0.393 e. The van der Waals surface area contributed by atoms with Crippen LogP contribution in [0.5, 0.6) is 0 Å². The van der Waals surface area contributed by atoms with Crippen LogP contribution in [0.2, 0.25) is 0 Å². The molecule has 2 atom stereocenters. The van der Waals surface area contributed by atoms with E-state index in [0.717, 1.165) is 10.9 Å². The van der Waals surface area contributed by atoms with Crippen molar-refractivity contribution in [3.8, 4) is 0 Å². The van der Waals surface area contributed by atoms with Crippen LogP contribution < -0.4 is 0 Å². The molecule has 0 saturated carbocycles. The van der Waals surface area contributed by atoms with E-state index in [-0.39, 0.29) is 17.5 Å². The zero-order chi connectivity index (χ0) is 14.9. The Bertz CT molecular complexity index is 630. The highest BCUT2D eigenvalue weighted by Crippen LogP contribution is 2.35. The maximum absolute atomic E-state index is 11.1. The largest absolute Gasteiger partial charge is 0.393 e. The molecular formula is C15H18N2O3. The van der Waals surface area contributed by atoms with Crippen LogP contribution >= 0.6 is 0 Å². The smallest absolute Gasteiger partial charge is 0.295 e. The van der Waals surface area contributed by atoms with E-state index in [4.69, 9.17) is 0 Å². The number of rotatable bonds is 4. The number of aromatic nitrogens is 1. The van der Waals surface area contributed by atoms with Crippen LogP contribution in [0, 0.1) is 16.0 Å². The molecule has 0 radical (unpaired) electrons. The summed E-state index contributed by atoms with van der Waals surface area (Å²) in [5.41, 5.74) is 1.28. The van der Waals surface area contributed by atoms with Crippen molar-refractivity contribution in [2.75, 3.05) is 0 Å². The quantitative estimate of drug-likeness (QED) is 0.685. The molecule has 0 bridgehead atoms. The summed E-state index contributed by atoms with van der Waals surface area (Å²) in [7, 11) is 0. The first-order chi connectivity index (χ1) is 9.43. The summed E-state index contributed by atoms with van der Waals surface area (Å²) in [5.74, 6) is 0.141. The van der Waals surface area contributed by atoms with Crippen LogP contribution in [0.25, 0.3) is 10.9 Å². The monoisotopic (exact) mass is 274 g/mol. The van der Waals surface area contributed by atoms with Gasteiger partial charge in [0.1, 0.15) is 5.52 Å². The van der Waals surface area contributed by atoms with Crippen molar-refractivity contribution in [2.45, 2.75) is 32.8 Å². The molecule has 20 heavy (non-hydrogen) atoms. The minimum absolute atomic E-state index is 0.00236. The summed E-state index contributed by atoms with van der Waals surface area (Å²) in [5, 5.41) is 21.8. The van der Waals surface area contributed by atoms with Crippen molar-refractivity contribution in [1.29, 1.82) is 0 Å². The van der Waals surface area contributed by atoms with E-state index in [1.165, 1.54) is 6.07 Å². The summed E-state index contributed by atoms with van der Waals surface area (Å²) >= 11 is 0. The van der Waals surface area contributed by atoms with Crippen molar-refractivity contribution in [3.05, 3.63) is 46.1 Å². The van der Waals surface area contributed by atoms with Crippen LogP contribution in [0.1, 0.15) is 32.3 Å². The average molecular weight is 274 g/mol. The molecule has 0 aliphatic rings. The predicted molar refractivity (Wildman–Crippen MR) is 77.7 cm³/mol. The van der Waals surface area contributed by atoms with Gasteiger partial charge in [-0.15, -0.1) is 0 Å². The SMILES string of the molecule is CC(C)C(c1ccnc2c([N+](=O)[O-])cccc12)C(C)O. The number of nitro benzene ring substituents is 1. The van der Waals surface area contributed by atoms with Crippen molar-refractivity contribution < 1.29 is 10.0 Å². The summed E-state index contributed by atoms with van der Waals surface area (Å²) < 4.78 is 0. The molecule has 0 aliphatic carbocycles. The fraction of sp³-hybridized carbons (Fsp3) is 0.400. The van der Waals surface area contributed by atoms with Crippen molar-refractivity contribution in [3.63, 3.8) is 0 Å². The van der Waals surface area contributed by atoms with Gasteiger partial charge in [-0.25, -0.2) is 4.98 Å². The van der Waals surface area contributed by atoms with Crippen molar-refractivity contribution in [1.82, 2.24) is 4.98 Å². The Morgan fingerprint density at radius 2 is 1.95 bits per heavy atom. The number of hydrogen-bond acceptors (Lipinski definition) is 4. The number of benzene rings is 1. The molecule has 2 unspecified atom stereocenters. The Balaban J connectivity index is 2.72. The number of hydrogen-bond donors (Lipinski definition) is 1. The molecule has 1 N–H and O–H groups in total. The zero-order valence-corrected chi connectivity index (χ0v) is 11.8. The lowest BCUT2D eigenvalue weighted by molar-refractivity contribution is -0.383. The molecule has 5 nitrogen and oxygen atoms in total. The third kappa shape index (κ3) is 2.49. The molecule has 1 aromatic carbocycles. The van der Waals surface area contributed by atoms with Crippen LogP contribution in [-0.4, -0.2) is 21.1 Å². The first-order valence-electron chi connectivity index (χ1n) is 6.63. The molecular weight excluding hydrogens is 256 g/mol. The van der Waals surface area contributed by atoms with Gasteiger partial charge in [0.15, 0.2) is 0 Å². The van der Waals surface area contributed by atoms with Gasteiger partial charge in [0, 0.05) is 23.6 Å². The Morgan fingerprint density at radius 3 is 2.50 bits per heavy atom. The fourth-order valence-corrected chi connectivity index (χ4v) is 2.80. The normalized spacial score (nSPS) is 14.4. The molecule has 106 valence electrons. The van der Waals surface area contributed by atoms with E-state index >= 15 is 0 Å². The fourth-order valence-electron chi connectivity index (χ4n) is 2.80. The van der Waals surface area contributed by atoms with Gasteiger partial charge in [-0.1, -0.05) is 26.0 Å². The number of aliphatic hydroxyl groups excluding tert-OH is 1. The maximum Gasteiger partial charge on any atom is 0.295 e. The Hall–Kier alpha value is -2.01. The molecule has 2 rings (SSSR count). The first-order valence-corrected chi connectivity index (χ1v) is 6.63. The number of aliphatic hydroxyl groups is 1. The van der Waals surface area contributed by atoms with E-state index in [9.17, 15) is 15.2 Å². The number of pyridine rings is 1.